The van der Waals surface area contributed by atoms with E-state index in [1.807, 2.05) is 19.0 Å². The van der Waals surface area contributed by atoms with E-state index in [1.165, 1.54) is 11.3 Å². The van der Waals surface area contributed by atoms with Crippen LogP contribution in [0.25, 0.3) is 0 Å². The average molecular weight is 258 g/mol. The highest BCUT2D eigenvalue weighted by atomic mass is 32.1. The summed E-state index contributed by atoms with van der Waals surface area (Å²) in [4.78, 5) is 18.1. The minimum Gasteiger partial charge on any atom is -0.396 e. The summed E-state index contributed by atoms with van der Waals surface area (Å²) in [5, 5.41) is 12.1. The maximum Gasteiger partial charge on any atom is 0.265 e. The first-order valence-corrected chi connectivity index (χ1v) is 6.20. The van der Waals surface area contributed by atoms with Gasteiger partial charge in [-0.25, -0.2) is 4.98 Å². The van der Waals surface area contributed by atoms with Crippen LogP contribution < -0.4 is 16.0 Å². The minimum absolute atomic E-state index is 0.142. The first-order valence-electron chi connectivity index (χ1n) is 5.39. The number of carbonyl (C=O) groups is 1. The number of rotatable bonds is 6. The molecule has 17 heavy (non-hydrogen) atoms. The van der Waals surface area contributed by atoms with Crippen LogP contribution in [0.2, 0.25) is 0 Å². The van der Waals surface area contributed by atoms with Crippen LogP contribution in [0.3, 0.4) is 0 Å². The molecule has 1 aromatic rings. The third kappa shape index (κ3) is 3.86. The molecule has 96 valence electrons. The molecule has 0 radical (unpaired) electrons. The number of carbonyl (C=O) groups excluding carboxylic acids is 1. The van der Waals surface area contributed by atoms with Gasteiger partial charge in [0.1, 0.15) is 10.7 Å². The summed E-state index contributed by atoms with van der Waals surface area (Å²) in [5.74, 6) is 0.0596. The Morgan fingerprint density at radius 1 is 1.53 bits per heavy atom. The number of aromatic nitrogens is 1. The van der Waals surface area contributed by atoms with Crippen molar-refractivity contribution in [1.29, 1.82) is 0 Å². The van der Waals surface area contributed by atoms with Gasteiger partial charge in [0, 0.05) is 27.2 Å². The standard InChI is InChI=1S/C10H18N4O2S/c1-14(2)10-13-8(11)7(17-10)9(16)12-5-3-4-6-15/h15H,3-6,11H2,1-2H3,(H,12,16). The first-order chi connectivity index (χ1) is 8.06. The summed E-state index contributed by atoms with van der Waals surface area (Å²) in [7, 11) is 3.70. The Balaban J connectivity index is 2.56. The largest absolute Gasteiger partial charge is 0.396 e. The van der Waals surface area contributed by atoms with E-state index >= 15 is 0 Å². The summed E-state index contributed by atoms with van der Waals surface area (Å²) in [5.41, 5.74) is 5.68. The monoisotopic (exact) mass is 258 g/mol. The summed E-state index contributed by atoms with van der Waals surface area (Å²) in [6, 6.07) is 0. The maximum atomic E-state index is 11.8. The number of amides is 1. The van der Waals surface area contributed by atoms with E-state index in [4.69, 9.17) is 10.8 Å². The van der Waals surface area contributed by atoms with Crippen molar-refractivity contribution in [2.24, 2.45) is 0 Å². The number of unbranched alkanes of at least 4 members (excludes halogenated alkanes) is 1. The van der Waals surface area contributed by atoms with Crippen LogP contribution in [0.1, 0.15) is 22.5 Å². The Bertz CT molecular complexity index is 378. The molecule has 0 spiro atoms. The second-order valence-electron chi connectivity index (χ2n) is 3.79. The second-order valence-corrected chi connectivity index (χ2v) is 4.77. The lowest BCUT2D eigenvalue weighted by molar-refractivity contribution is 0.0957. The molecule has 1 rings (SSSR count). The number of nitrogens with zero attached hydrogens (tertiary/aromatic N) is 2. The van der Waals surface area contributed by atoms with Crippen molar-refractivity contribution >= 4 is 28.2 Å². The van der Waals surface area contributed by atoms with E-state index in [0.717, 1.165) is 6.42 Å². The fourth-order valence-electron chi connectivity index (χ4n) is 1.19. The van der Waals surface area contributed by atoms with Crippen molar-refractivity contribution in [2.45, 2.75) is 12.8 Å². The molecule has 6 nitrogen and oxygen atoms in total. The van der Waals surface area contributed by atoms with E-state index in [0.29, 0.717) is 23.0 Å². The lowest BCUT2D eigenvalue weighted by Gasteiger charge is -2.05. The number of nitrogen functional groups attached to an aromatic ring is 1. The van der Waals surface area contributed by atoms with Gasteiger partial charge in [0.25, 0.3) is 5.91 Å². The topological polar surface area (TPSA) is 91.5 Å². The van der Waals surface area contributed by atoms with Gasteiger partial charge >= 0.3 is 0 Å². The zero-order valence-electron chi connectivity index (χ0n) is 10.1. The third-order valence-electron chi connectivity index (χ3n) is 2.10. The second kappa shape index (κ2) is 6.41. The predicted molar refractivity (Wildman–Crippen MR) is 69.5 cm³/mol. The van der Waals surface area contributed by atoms with Gasteiger partial charge in [-0.15, -0.1) is 0 Å². The van der Waals surface area contributed by atoms with Crippen LogP contribution in [0.4, 0.5) is 10.9 Å². The molecule has 0 aromatic carbocycles. The summed E-state index contributed by atoms with van der Waals surface area (Å²) in [6.45, 7) is 0.678. The van der Waals surface area contributed by atoms with Crippen LogP contribution in [0.15, 0.2) is 0 Å². The van der Waals surface area contributed by atoms with Crippen molar-refractivity contribution in [1.82, 2.24) is 10.3 Å². The molecule has 0 fully saturated rings. The Morgan fingerprint density at radius 3 is 2.76 bits per heavy atom. The van der Waals surface area contributed by atoms with Gasteiger partial charge in [-0.05, 0) is 12.8 Å². The molecule has 4 N–H and O–H groups in total. The van der Waals surface area contributed by atoms with Crippen LogP contribution >= 0.6 is 11.3 Å². The van der Waals surface area contributed by atoms with Gasteiger partial charge < -0.3 is 21.1 Å². The third-order valence-corrected chi connectivity index (χ3v) is 3.34. The Labute approximate surface area is 104 Å². The normalized spacial score (nSPS) is 10.3. The molecule has 7 heteroatoms. The maximum absolute atomic E-state index is 11.8. The quantitative estimate of drug-likeness (QED) is 0.638. The molecule has 0 saturated carbocycles. The SMILES string of the molecule is CN(C)c1nc(N)c(C(=O)NCCCCO)s1. The van der Waals surface area contributed by atoms with Gasteiger partial charge in [0.05, 0.1) is 0 Å². The zero-order valence-corrected chi connectivity index (χ0v) is 10.9. The average Bonchev–Trinajstić information content (AvgIpc) is 2.67. The highest BCUT2D eigenvalue weighted by Crippen LogP contribution is 2.26. The van der Waals surface area contributed by atoms with Crippen LogP contribution in [0.5, 0.6) is 0 Å². The van der Waals surface area contributed by atoms with Crippen molar-refractivity contribution in [2.75, 3.05) is 37.9 Å². The number of nitrogens with two attached hydrogens (primary N) is 1. The molecule has 0 bridgehead atoms. The minimum atomic E-state index is -0.203. The van der Waals surface area contributed by atoms with E-state index in [1.54, 1.807) is 0 Å². The predicted octanol–water partition coefficient (Wildman–Crippen LogP) is 0.294. The summed E-state index contributed by atoms with van der Waals surface area (Å²) >= 11 is 1.27. The van der Waals surface area contributed by atoms with Crippen molar-refractivity contribution < 1.29 is 9.90 Å². The summed E-state index contributed by atoms with van der Waals surface area (Å²) in [6.07, 6.45) is 1.43. The fourth-order valence-corrected chi connectivity index (χ4v) is 2.02. The molecule has 0 aliphatic carbocycles. The van der Waals surface area contributed by atoms with Crippen molar-refractivity contribution in [3.05, 3.63) is 4.88 Å². The van der Waals surface area contributed by atoms with E-state index in [2.05, 4.69) is 10.3 Å². The number of aliphatic hydroxyl groups excluding tert-OH is 1. The molecule has 1 aromatic heterocycles. The van der Waals surface area contributed by atoms with E-state index < -0.39 is 0 Å². The molecule has 0 aliphatic heterocycles. The van der Waals surface area contributed by atoms with Gasteiger partial charge in [0.2, 0.25) is 0 Å². The molecule has 0 atom stereocenters. The molecule has 0 aliphatic rings. The van der Waals surface area contributed by atoms with Crippen LogP contribution in [-0.2, 0) is 0 Å². The van der Waals surface area contributed by atoms with Gasteiger partial charge in [-0.2, -0.15) is 0 Å². The first kappa shape index (κ1) is 13.7. The molecule has 0 unspecified atom stereocenters. The Morgan fingerprint density at radius 2 is 2.24 bits per heavy atom. The Kier molecular flexibility index (Phi) is 5.17. The highest BCUT2D eigenvalue weighted by Gasteiger charge is 2.16. The van der Waals surface area contributed by atoms with Gasteiger partial charge in [0.15, 0.2) is 5.13 Å². The molecular formula is C10H18N4O2S. The lowest BCUT2D eigenvalue weighted by Crippen LogP contribution is -2.24. The van der Waals surface area contributed by atoms with Crippen LogP contribution in [-0.4, -0.2) is 43.2 Å². The zero-order chi connectivity index (χ0) is 12.8. The molecule has 0 saturated heterocycles. The van der Waals surface area contributed by atoms with Gasteiger partial charge in [-0.3, -0.25) is 4.79 Å². The number of aliphatic hydroxyl groups is 1. The summed E-state index contributed by atoms with van der Waals surface area (Å²) < 4.78 is 0. The lowest BCUT2D eigenvalue weighted by atomic mass is 10.3. The number of hydrogen-bond acceptors (Lipinski definition) is 6. The Hall–Kier alpha value is -1.34. The van der Waals surface area contributed by atoms with Crippen LogP contribution in [0, 0.1) is 0 Å². The molecule has 1 heterocycles. The molecule has 1 amide bonds. The number of hydrogen-bond donors (Lipinski definition) is 3. The molecular weight excluding hydrogens is 240 g/mol. The number of nitrogens with one attached hydrogen (secondary N) is 1. The van der Waals surface area contributed by atoms with Crippen molar-refractivity contribution in [3.8, 4) is 0 Å². The highest BCUT2D eigenvalue weighted by molar-refractivity contribution is 7.18. The number of thiazole rings is 1. The van der Waals surface area contributed by atoms with E-state index in [9.17, 15) is 4.79 Å². The van der Waals surface area contributed by atoms with Crippen molar-refractivity contribution in [3.63, 3.8) is 0 Å². The smallest absolute Gasteiger partial charge is 0.265 e. The van der Waals surface area contributed by atoms with E-state index in [-0.39, 0.29) is 18.3 Å². The van der Waals surface area contributed by atoms with Gasteiger partial charge in [-0.1, -0.05) is 11.3 Å². The fraction of sp³-hybridized carbons (Fsp3) is 0.600. The number of anilines is 2.